The first-order chi connectivity index (χ1) is 17.4. The fourth-order valence-corrected chi connectivity index (χ4v) is 4.95. The maximum absolute atomic E-state index is 13.2. The average Bonchev–Trinajstić information content (AvgIpc) is 2.87. The van der Waals surface area contributed by atoms with Gasteiger partial charge in [0.05, 0.1) is 6.04 Å². The van der Waals surface area contributed by atoms with Gasteiger partial charge in [-0.25, -0.2) is 4.79 Å². The Morgan fingerprint density at radius 3 is 2.56 bits per heavy atom. The first-order valence-electron chi connectivity index (χ1n) is 12.8. The second kappa shape index (κ2) is 14.6. The molecule has 3 amide bonds. The van der Waals surface area contributed by atoms with Gasteiger partial charge in [-0.2, -0.15) is 0 Å². The van der Waals surface area contributed by atoms with Crippen molar-refractivity contribution in [3.63, 3.8) is 0 Å². The smallest absolute Gasteiger partial charge is 0.408 e. The normalized spacial score (nSPS) is 26.5. The van der Waals surface area contributed by atoms with Gasteiger partial charge in [0.1, 0.15) is 18.4 Å². The van der Waals surface area contributed by atoms with Crippen molar-refractivity contribution in [2.24, 2.45) is 5.92 Å². The van der Waals surface area contributed by atoms with Crippen LogP contribution in [0.2, 0.25) is 5.02 Å². The number of hydrogen-bond donors (Lipinski definition) is 3. The van der Waals surface area contributed by atoms with Crippen LogP contribution in [0.25, 0.3) is 0 Å². The van der Waals surface area contributed by atoms with Crippen LogP contribution in [0.4, 0.5) is 4.79 Å². The molecule has 1 aliphatic heterocycles. The number of hydrogen-bond acceptors (Lipinski definition) is 5. The number of amides is 3. The number of aldehydes is 1. The van der Waals surface area contributed by atoms with Gasteiger partial charge in [-0.15, -0.1) is 0 Å². The van der Waals surface area contributed by atoms with Crippen molar-refractivity contribution in [2.45, 2.75) is 82.4 Å². The monoisotopic (exact) mass is 517 g/mol. The number of rotatable bonds is 4. The molecule has 8 nitrogen and oxygen atoms in total. The second-order valence-corrected chi connectivity index (χ2v) is 9.96. The van der Waals surface area contributed by atoms with Crippen LogP contribution in [0.5, 0.6) is 0 Å². The fraction of sp³-hybridized carbons (Fsp3) is 0.556. The molecule has 3 atom stereocenters. The number of ether oxygens (including phenoxy) is 1. The van der Waals surface area contributed by atoms with Crippen molar-refractivity contribution < 1.29 is 23.9 Å². The topological polar surface area (TPSA) is 114 Å². The summed E-state index contributed by atoms with van der Waals surface area (Å²) in [6, 6.07) is 5.49. The highest BCUT2D eigenvalue weighted by Gasteiger charge is 2.29. The Morgan fingerprint density at radius 1 is 1.00 bits per heavy atom. The van der Waals surface area contributed by atoms with E-state index in [-0.39, 0.29) is 18.7 Å². The van der Waals surface area contributed by atoms with E-state index >= 15 is 0 Å². The number of carbonyl (C=O) groups excluding carboxylic acids is 4. The number of alkyl carbamates (subject to hydrolysis) is 1. The molecule has 1 saturated carbocycles. The van der Waals surface area contributed by atoms with Crippen LogP contribution in [-0.2, 0) is 19.1 Å². The van der Waals surface area contributed by atoms with Gasteiger partial charge >= 0.3 is 6.09 Å². The zero-order valence-electron chi connectivity index (χ0n) is 20.5. The molecule has 0 aromatic heterocycles. The molecule has 1 aliphatic carbocycles. The molecule has 196 valence electrons. The zero-order chi connectivity index (χ0) is 25.8. The van der Waals surface area contributed by atoms with Crippen LogP contribution in [-0.4, -0.2) is 42.8 Å². The van der Waals surface area contributed by atoms with E-state index in [9.17, 15) is 19.2 Å². The van der Waals surface area contributed by atoms with Gasteiger partial charge in [0.2, 0.25) is 11.8 Å². The summed E-state index contributed by atoms with van der Waals surface area (Å²) < 4.78 is 5.79. The standard InChI is InChI=1S/C27H36ClN3O5/c28-21-11-7-10-20(17-21)24-12-5-2-6-15-29-25(33)14-13-22(18-32)30-26(34)23(31-27(35)36-24)16-19-8-3-1-4-9-19/h2,6-7,10-11,17-19,22-24H,1,3-5,8-9,12-16H2,(H,29,33)(H,30,34)(H,31,35)/b6-2+/t22-,23-,24?/m0/s1. The van der Waals surface area contributed by atoms with Crippen LogP contribution in [0.3, 0.4) is 0 Å². The Balaban J connectivity index is 1.80. The summed E-state index contributed by atoms with van der Waals surface area (Å²) >= 11 is 6.17. The van der Waals surface area contributed by atoms with E-state index in [1.807, 2.05) is 18.2 Å². The number of benzene rings is 1. The van der Waals surface area contributed by atoms with Crippen LogP contribution in [0.15, 0.2) is 36.4 Å². The summed E-state index contributed by atoms with van der Waals surface area (Å²) in [5.41, 5.74) is 0.756. The highest BCUT2D eigenvalue weighted by molar-refractivity contribution is 6.30. The van der Waals surface area contributed by atoms with Crippen molar-refractivity contribution in [3.05, 3.63) is 47.0 Å². The van der Waals surface area contributed by atoms with Crippen molar-refractivity contribution in [3.8, 4) is 0 Å². The lowest BCUT2D eigenvalue weighted by Crippen LogP contribution is -2.51. The molecule has 1 heterocycles. The van der Waals surface area contributed by atoms with Crippen LogP contribution in [0, 0.1) is 5.92 Å². The van der Waals surface area contributed by atoms with E-state index in [0.717, 1.165) is 31.2 Å². The van der Waals surface area contributed by atoms with Gasteiger partial charge in [-0.1, -0.05) is 68.0 Å². The molecule has 1 aromatic rings. The van der Waals surface area contributed by atoms with Crippen molar-refractivity contribution in [2.75, 3.05) is 6.54 Å². The summed E-state index contributed by atoms with van der Waals surface area (Å²) in [7, 11) is 0. The number of allylic oxidation sites excluding steroid dienone is 1. The van der Waals surface area contributed by atoms with Gasteiger partial charge in [-0.05, 0) is 49.3 Å². The molecule has 1 aromatic carbocycles. The maximum atomic E-state index is 13.2. The molecule has 0 radical (unpaired) electrons. The molecule has 36 heavy (non-hydrogen) atoms. The first kappa shape index (κ1) is 27.7. The van der Waals surface area contributed by atoms with Gasteiger partial charge in [0.15, 0.2) is 0 Å². The van der Waals surface area contributed by atoms with Crippen LogP contribution < -0.4 is 16.0 Å². The van der Waals surface area contributed by atoms with Gasteiger partial charge in [0.25, 0.3) is 0 Å². The summed E-state index contributed by atoms with van der Waals surface area (Å²) in [5.74, 6) is -0.337. The summed E-state index contributed by atoms with van der Waals surface area (Å²) in [5, 5.41) is 8.78. The van der Waals surface area contributed by atoms with E-state index < -0.39 is 30.2 Å². The highest BCUT2D eigenvalue weighted by atomic mass is 35.5. The third-order valence-corrected chi connectivity index (χ3v) is 6.96. The van der Waals surface area contributed by atoms with Gasteiger partial charge < -0.3 is 25.5 Å². The van der Waals surface area contributed by atoms with Gasteiger partial charge in [-0.3, -0.25) is 9.59 Å². The Bertz CT molecular complexity index is 932. The molecule has 1 fully saturated rings. The predicted molar refractivity (Wildman–Crippen MR) is 137 cm³/mol. The van der Waals surface area contributed by atoms with Crippen molar-refractivity contribution >= 4 is 35.8 Å². The van der Waals surface area contributed by atoms with E-state index in [1.54, 1.807) is 18.2 Å². The minimum Gasteiger partial charge on any atom is -0.441 e. The molecule has 0 saturated heterocycles. The third-order valence-electron chi connectivity index (χ3n) is 6.73. The lowest BCUT2D eigenvalue weighted by molar-refractivity contribution is -0.127. The summed E-state index contributed by atoms with van der Waals surface area (Å²) in [6.45, 7) is 0.351. The third kappa shape index (κ3) is 9.30. The lowest BCUT2D eigenvalue weighted by Gasteiger charge is -2.28. The number of halogens is 1. The lowest BCUT2D eigenvalue weighted by atomic mass is 9.84. The average molecular weight is 518 g/mol. The minimum absolute atomic E-state index is 0.108. The molecular formula is C27H36ClN3O5. The molecular weight excluding hydrogens is 482 g/mol. The molecule has 1 unspecified atom stereocenters. The van der Waals surface area contributed by atoms with Crippen LogP contribution in [0.1, 0.15) is 75.9 Å². The molecule has 9 heteroatoms. The number of nitrogens with one attached hydrogen (secondary N) is 3. The Hall–Kier alpha value is -2.87. The van der Waals surface area contributed by atoms with Crippen molar-refractivity contribution in [1.82, 2.24) is 16.0 Å². The van der Waals surface area contributed by atoms with E-state index in [2.05, 4.69) is 16.0 Å². The quantitative estimate of drug-likeness (QED) is 0.405. The zero-order valence-corrected chi connectivity index (χ0v) is 21.3. The predicted octanol–water partition coefficient (Wildman–Crippen LogP) is 4.38. The first-order valence-corrected chi connectivity index (χ1v) is 13.2. The molecule has 0 spiro atoms. The largest absolute Gasteiger partial charge is 0.441 e. The summed E-state index contributed by atoms with van der Waals surface area (Å²) in [6.07, 6.45) is 10.4. The minimum atomic E-state index is -0.840. The van der Waals surface area contributed by atoms with E-state index in [1.165, 1.54) is 6.42 Å². The number of carbonyl (C=O) groups is 4. The molecule has 0 bridgehead atoms. The summed E-state index contributed by atoms with van der Waals surface area (Å²) in [4.78, 5) is 49.9. The molecule has 3 N–H and O–H groups in total. The van der Waals surface area contributed by atoms with E-state index in [4.69, 9.17) is 16.3 Å². The van der Waals surface area contributed by atoms with Crippen LogP contribution >= 0.6 is 11.6 Å². The van der Waals surface area contributed by atoms with Crippen molar-refractivity contribution in [1.29, 1.82) is 0 Å². The SMILES string of the molecule is O=C[C@@H]1CCC(=O)NC/C=C/CCC(c2cccc(Cl)c2)OC(=O)N[C@@H](CC2CCCCC2)C(=O)N1. The maximum Gasteiger partial charge on any atom is 0.408 e. The second-order valence-electron chi connectivity index (χ2n) is 9.53. The highest BCUT2D eigenvalue weighted by Crippen LogP contribution is 2.28. The molecule has 3 rings (SSSR count). The van der Waals surface area contributed by atoms with Gasteiger partial charge in [0, 0.05) is 18.0 Å². The van der Waals surface area contributed by atoms with E-state index in [0.29, 0.717) is 43.0 Å². The Morgan fingerprint density at radius 2 is 1.81 bits per heavy atom. The Kier molecular flexibility index (Phi) is 11.3. The number of cyclic esters (lactones) is 1. The Labute approximate surface area is 217 Å². The molecule has 2 aliphatic rings. The fourth-order valence-electron chi connectivity index (χ4n) is 4.75.